The third kappa shape index (κ3) is 2.43. The fourth-order valence-corrected chi connectivity index (χ4v) is 0.714. The maximum absolute atomic E-state index is 10.1. The summed E-state index contributed by atoms with van der Waals surface area (Å²) in [7, 11) is -4.09. The summed E-state index contributed by atoms with van der Waals surface area (Å²) in [4.78, 5) is 16.4. The molecule has 4 nitrogen and oxygen atoms in total. The van der Waals surface area contributed by atoms with Gasteiger partial charge in [0, 0.05) is 0 Å². The Morgan fingerprint density at radius 2 is 2.12 bits per heavy atom. The van der Waals surface area contributed by atoms with Gasteiger partial charge in [0.25, 0.3) is 0 Å². The van der Waals surface area contributed by atoms with Crippen molar-refractivity contribution in [3.8, 4) is 0 Å². The largest absolute Gasteiger partial charge is 0.343 e. The molecule has 0 aromatic carbocycles. The maximum atomic E-state index is 10.1. The standard InChI is InChI=1S/C3H9NO3P/c1-2-3(4)8(5,6)7/h3-4H,2H2,1H3,(H2,5,6,7). The van der Waals surface area contributed by atoms with Crippen LogP contribution in [0.15, 0.2) is 0 Å². The second kappa shape index (κ2) is 2.60. The van der Waals surface area contributed by atoms with E-state index in [-0.39, 0.29) is 6.42 Å². The second-order valence-corrected chi connectivity index (χ2v) is 3.31. The van der Waals surface area contributed by atoms with Crippen molar-refractivity contribution in [2.24, 2.45) is 0 Å². The molecule has 0 saturated carbocycles. The first-order valence-corrected chi connectivity index (χ1v) is 3.93. The van der Waals surface area contributed by atoms with Gasteiger partial charge >= 0.3 is 7.60 Å². The Bertz CT molecular complexity index is 109. The molecule has 1 atom stereocenters. The van der Waals surface area contributed by atoms with Crippen molar-refractivity contribution < 1.29 is 14.4 Å². The van der Waals surface area contributed by atoms with Crippen LogP contribution in [0.25, 0.3) is 0 Å². The van der Waals surface area contributed by atoms with Crippen molar-refractivity contribution in [1.29, 1.82) is 0 Å². The van der Waals surface area contributed by atoms with Gasteiger partial charge in [-0.3, -0.25) is 4.57 Å². The maximum Gasteiger partial charge on any atom is 0.343 e. The average Bonchev–Trinajstić information content (AvgIpc) is 1.62. The molecule has 0 spiro atoms. The lowest BCUT2D eigenvalue weighted by atomic mass is 10.5. The number of nitrogens with one attached hydrogen (secondary N) is 1. The van der Waals surface area contributed by atoms with Crippen LogP contribution >= 0.6 is 7.60 Å². The van der Waals surface area contributed by atoms with Gasteiger partial charge in [0.05, 0.1) is 0 Å². The van der Waals surface area contributed by atoms with Crippen LogP contribution in [0.4, 0.5) is 0 Å². The molecule has 0 bridgehead atoms. The molecule has 0 aliphatic heterocycles. The Kier molecular flexibility index (Phi) is 2.63. The number of rotatable bonds is 2. The van der Waals surface area contributed by atoms with Crippen LogP contribution in [0.2, 0.25) is 0 Å². The number of hydrogen-bond acceptors (Lipinski definition) is 1. The highest BCUT2D eigenvalue weighted by Gasteiger charge is 2.22. The fourth-order valence-electron chi connectivity index (χ4n) is 0.238. The Hall–Kier alpha value is 0.110. The molecule has 0 rings (SSSR count). The molecule has 0 fully saturated rings. The first-order valence-electron chi connectivity index (χ1n) is 2.24. The zero-order chi connectivity index (χ0) is 6.78. The summed E-state index contributed by atoms with van der Waals surface area (Å²) in [5.74, 6) is -1.23. The second-order valence-electron chi connectivity index (χ2n) is 1.51. The molecule has 1 unspecified atom stereocenters. The lowest BCUT2D eigenvalue weighted by molar-refractivity contribution is 0.355. The minimum absolute atomic E-state index is 0.199. The monoisotopic (exact) mass is 138 g/mol. The molecule has 0 aromatic rings. The summed E-state index contributed by atoms with van der Waals surface area (Å²) < 4.78 is 10.1. The molecule has 1 radical (unpaired) electrons. The summed E-state index contributed by atoms with van der Waals surface area (Å²) in [6, 6.07) is 0. The summed E-state index contributed by atoms with van der Waals surface area (Å²) in [6.45, 7) is 1.57. The first kappa shape index (κ1) is 8.11. The van der Waals surface area contributed by atoms with Crippen molar-refractivity contribution in [3.63, 3.8) is 0 Å². The van der Waals surface area contributed by atoms with Crippen molar-refractivity contribution in [2.45, 2.75) is 19.1 Å². The average molecular weight is 138 g/mol. The molecule has 0 aliphatic rings. The molecule has 0 amide bonds. The van der Waals surface area contributed by atoms with Crippen LogP contribution in [0.3, 0.4) is 0 Å². The predicted molar refractivity (Wildman–Crippen MR) is 29.2 cm³/mol. The van der Waals surface area contributed by atoms with E-state index in [9.17, 15) is 4.57 Å². The van der Waals surface area contributed by atoms with Crippen molar-refractivity contribution >= 4 is 7.60 Å². The van der Waals surface area contributed by atoms with E-state index >= 15 is 0 Å². The summed E-state index contributed by atoms with van der Waals surface area (Å²) in [6.07, 6.45) is 0.199. The fraction of sp³-hybridized carbons (Fsp3) is 1.00. The summed E-state index contributed by atoms with van der Waals surface area (Å²) >= 11 is 0. The smallest absolute Gasteiger partial charge is 0.323 e. The van der Waals surface area contributed by atoms with E-state index in [1.54, 1.807) is 6.92 Å². The third-order valence-corrected chi connectivity index (χ3v) is 1.97. The van der Waals surface area contributed by atoms with Gasteiger partial charge in [-0.15, -0.1) is 0 Å². The SMILES string of the molecule is CCC([NH])P(=O)(O)O. The van der Waals surface area contributed by atoms with Gasteiger partial charge in [-0.1, -0.05) is 6.92 Å². The lowest BCUT2D eigenvalue weighted by Gasteiger charge is -2.07. The van der Waals surface area contributed by atoms with E-state index in [1.165, 1.54) is 0 Å². The van der Waals surface area contributed by atoms with Crippen molar-refractivity contribution in [2.75, 3.05) is 0 Å². The van der Waals surface area contributed by atoms with Gasteiger partial charge in [-0.25, -0.2) is 5.73 Å². The molecule has 0 aromatic heterocycles. The molecule has 0 saturated heterocycles. The van der Waals surface area contributed by atoms with E-state index < -0.39 is 13.4 Å². The first-order chi connectivity index (χ1) is 3.48. The normalized spacial score (nSPS) is 16.0. The summed E-state index contributed by atoms with van der Waals surface area (Å²) in [5, 5.41) is 0. The minimum atomic E-state index is -4.09. The van der Waals surface area contributed by atoms with Crippen molar-refractivity contribution in [3.05, 3.63) is 0 Å². The van der Waals surface area contributed by atoms with E-state index in [0.717, 1.165) is 0 Å². The third-order valence-electron chi connectivity index (χ3n) is 0.793. The topological polar surface area (TPSA) is 81.3 Å². The lowest BCUT2D eigenvalue weighted by Crippen LogP contribution is -2.06. The van der Waals surface area contributed by atoms with E-state index in [0.29, 0.717) is 0 Å². The molecule has 49 valence electrons. The number of hydrogen-bond donors (Lipinski definition) is 2. The molecular formula is C3H9NO3P. The zero-order valence-electron chi connectivity index (χ0n) is 4.53. The molecule has 5 heteroatoms. The van der Waals surface area contributed by atoms with Crippen LogP contribution in [0.1, 0.15) is 13.3 Å². The molecular weight excluding hydrogens is 129 g/mol. The molecule has 0 heterocycles. The van der Waals surface area contributed by atoms with Gasteiger partial charge in [-0.2, -0.15) is 0 Å². The predicted octanol–water partition coefficient (Wildman–Crippen LogP) is 0.183. The van der Waals surface area contributed by atoms with Crippen LogP contribution < -0.4 is 5.73 Å². The van der Waals surface area contributed by atoms with Crippen LogP contribution in [0.5, 0.6) is 0 Å². The van der Waals surface area contributed by atoms with Gasteiger partial charge < -0.3 is 9.79 Å². The Morgan fingerprint density at radius 3 is 2.12 bits per heavy atom. The van der Waals surface area contributed by atoms with E-state index in [2.05, 4.69) is 0 Å². The van der Waals surface area contributed by atoms with Crippen LogP contribution in [-0.2, 0) is 4.57 Å². The van der Waals surface area contributed by atoms with Gasteiger partial charge in [0.15, 0.2) is 0 Å². The van der Waals surface area contributed by atoms with Gasteiger partial charge in [-0.05, 0) is 6.42 Å². The highest BCUT2D eigenvalue weighted by Crippen LogP contribution is 2.40. The molecule has 3 N–H and O–H groups in total. The molecule has 0 aliphatic carbocycles. The Balaban J connectivity index is 3.82. The van der Waals surface area contributed by atoms with E-state index in [4.69, 9.17) is 15.5 Å². The minimum Gasteiger partial charge on any atom is -0.323 e. The highest BCUT2D eigenvalue weighted by atomic mass is 31.2. The van der Waals surface area contributed by atoms with Gasteiger partial charge in [0.2, 0.25) is 0 Å². The Morgan fingerprint density at radius 1 is 1.75 bits per heavy atom. The zero-order valence-corrected chi connectivity index (χ0v) is 5.43. The molecule has 8 heavy (non-hydrogen) atoms. The summed E-state index contributed by atoms with van der Waals surface area (Å²) in [5.41, 5.74) is 6.71. The quantitative estimate of drug-likeness (QED) is 0.534. The van der Waals surface area contributed by atoms with E-state index in [1.807, 2.05) is 0 Å². The Labute approximate surface area is 47.9 Å². The van der Waals surface area contributed by atoms with Crippen LogP contribution in [0, 0.1) is 0 Å². The van der Waals surface area contributed by atoms with Crippen molar-refractivity contribution in [1.82, 2.24) is 5.73 Å². The van der Waals surface area contributed by atoms with Gasteiger partial charge in [0.1, 0.15) is 5.78 Å². The van der Waals surface area contributed by atoms with Crippen LogP contribution in [-0.4, -0.2) is 15.6 Å². The highest BCUT2D eigenvalue weighted by molar-refractivity contribution is 7.52.